The van der Waals surface area contributed by atoms with Crippen molar-refractivity contribution in [2.24, 2.45) is 0 Å². The molecule has 3 rings (SSSR count). The molecule has 1 aromatic carbocycles. The minimum Gasteiger partial charge on any atom is -0.463 e. The molecule has 20 heavy (non-hydrogen) atoms. The van der Waals surface area contributed by atoms with Crippen molar-refractivity contribution in [2.45, 2.75) is 10.8 Å². The van der Waals surface area contributed by atoms with E-state index >= 15 is 0 Å². The molecule has 3 aromatic rings. The molecule has 0 unspecified atom stereocenters. The Morgan fingerprint density at radius 2 is 1.90 bits per heavy atom. The quantitative estimate of drug-likeness (QED) is 0.585. The maximum Gasteiger partial charge on any atom is 0.221 e. The first kappa shape index (κ1) is 12.7. The fraction of sp³-hybridized carbons (Fsp3) is 0.0667. The van der Waals surface area contributed by atoms with Crippen molar-refractivity contribution in [1.29, 1.82) is 0 Å². The van der Waals surface area contributed by atoms with E-state index in [4.69, 9.17) is 10.2 Å². The Bertz CT molecular complexity index is 684. The summed E-state index contributed by atoms with van der Waals surface area (Å²) in [6.07, 6.45) is 1.62. The molecule has 0 atom stereocenters. The van der Waals surface area contributed by atoms with Crippen LogP contribution in [0.25, 0.3) is 11.5 Å². The van der Waals surface area contributed by atoms with Crippen molar-refractivity contribution in [3.05, 3.63) is 60.4 Å². The van der Waals surface area contributed by atoms with Crippen molar-refractivity contribution >= 4 is 17.7 Å². The summed E-state index contributed by atoms with van der Waals surface area (Å²) in [5.41, 5.74) is 7.71. The highest BCUT2D eigenvalue weighted by molar-refractivity contribution is 7.98. The van der Waals surface area contributed by atoms with Gasteiger partial charge in [0.05, 0.1) is 6.26 Å². The maximum absolute atomic E-state index is 5.76. The van der Waals surface area contributed by atoms with Crippen LogP contribution in [0, 0.1) is 0 Å². The van der Waals surface area contributed by atoms with Crippen LogP contribution in [0.1, 0.15) is 5.56 Å². The van der Waals surface area contributed by atoms with Gasteiger partial charge in [0.1, 0.15) is 10.7 Å². The lowest BCUT2D eigenvalue weighted by Crippen LogP contribution is -1.97. The predicted octanol–water partition coefficient (Wildman–Crippen LogP) is 3.61. The molecule has 0 aliphatic carbocycles. The summed E-state index contributed by atoms with van der Waals surface area (Å²) >= 11 is 1.63. The minimum atomic E-state index is 0.259. The average Bonchev–Trinajstić information content (AvgIpc) is 3.00. The Kier molecular flexibility index (Phi) is 3.69. The van der Waals surface area contributed by atoms with Gasteiger partial charge in [0, 0.05) is 11.8 Å². The third-order valence-electron chi connectivity index (χ3n) is 2.72. The van der Waals surface area contributed by atoms with Crippen LogP contribution in [0.4, 0.5) is 5.95 Å². The van der Waals surface area contributed by atoms with Crippen LogP contribution in [0.5, 0.6) is 0 Å². The third-order valence-corrected chi connectivity index (χ3v) is 3.71. The van der Waals surface area contributed by atoms with Crippen molar-refractivity contribution in [3.8, 4) is 11.5 Å². The number of hydrogen-bond acceptors (Lipinski definition) is 5. The Balaban J connectivity index is 1.80. The van der Waals surface area contributed by atoms with Gasteiger partial charge in [-0.05, 0) is 17.7 Å². The van der Waals surface area contributed by atoms with Crippen molar-refractivity contribution < 1.29 is 4.42 Å². The molecule has 2 heterocycles. The second-order valence-electron chi connectivity index (χ2n) is 4.20. The van der Waals surface area contributed by atoms with E-state index in [0.717, 1.165) is 10.8 Å². The maximum atomic E-state index is 5.76. The summed E-state index contributed by atoms with van der Waals surface area (Å²) in [6.45, 7) is 0. The van der Waals surface area contributed by atoms with E-state index in [9.17, 15) is 0 Å². The Hall–Kier alpha value is -2.27. The highest BCUT2D eigenvalue weighted by Gasteiger charge is 2.07. The Labute approximate surface area is 121 Å². The zero-order chi connectivity index (χ0) is 13.8. The molecule has 0 fully saturated rings. The first-order chi connectivity index (χ1) is 9.81. The first-order valence-electron chi connectivity index (χ1n) is 6.16. The van der Waals surface area contributed by atoms with Crippen molar-refractivity contribution in [2.75, 3.05) is 5.73 Å². The number of aromatic nitrogens is 2. The van der Waals surface area contributed by atoms with Crippen LogP contribution in [0.15, 0.2) is 64.2 Å². The number of benzene rings is 1. The number of nitrogen functional groups attached to an aromatic ring is 1. The fourth-order valence-electron chi connectivity index (χ4n) is 1.80. The lowest BCUT2D eigenvalue weighted by molar-refractivity contribution is 0.579. The number of rotatable bonds is 4. The average molecular weight is 283 g/mol. The van der Waals surface area contributed by atoms with Crippen molar-refractivity contribution in [1.82, 2.24) is 9.97 Å². The normalized spacial score (nSPS) is 10.6. The smallest absolute Gasteiger partial charge is 0.221 e. The number of furan rings is 1. The highest BCUT2D eigenvalue weighted by Crippen LogP contribution is 2.26. The molecule has 0 saturated heterocycles. The fourth-order valence-corrected chi connectivity index (χ4v) is 2.66. The topological polar surface area (TPSA) is 64.9 Å². The summed E-state index contributed by atoms with van der Waals surface area (Å²) < 4.78 is 5.34. The van der Waals surface area contributed by atoms with Gasteiger partial charge in [-0.1, -0.05) is 30.3 Å². The Morgan fingerprint density at radius 1 is 1.05 bits per heavy atom. The molecule has 2 N–H and O–H groups in total. The van der Waals surface area contributed by atoms with E-state index in [1.807, 2.05) is 36.4 Å². The molecule has 0 aliphatic heterocycles. The number of hydrogen-bond donors (Lipinski definition) is 1. The van der Waals surface area contributed by atoms with Gasteiger partial charge in [-0.3, -0.25) is 0 Å². The number of anilines is 1. The zero-order valence-electron chi connectivity index (χ0n) is 10.7. The minimum absolute atomic E-state index is 0.259. The molecule has 2 aromatic heterocycles. The van der Waals surface area contributed by atoms with E-state index in [-0.39, 0.29) is 5.95 Å². The van der Waals surface area contributed by atoms with E-state index in [1.54, 1.807) is 18.0 Å². The summed E-state index contributed by atoms with van der Waals surface area (Å²) in [5, 5.41) is 0.841. The Morgan fingerprint density at radius 3 is 2.65 bits per heavy atom. The highest BCUT2D eigenvalue weighted by atomic mass is 32.2. The third kappa shape index (κ3) is 3.00. The van der Waals surface area contributed by atoms with Gasteiger partial charge in [-0.15, -0.1) is 11.8 Å². The summed E-state index contributed by atoms with van der Waals surface area (Å²) in [6, 6.07) is 15.8. The second-order valence-corrected chi connectivity index (χ2v) is 5.20. The van der Waals surface area contributed by atoms with E-state index in [1.165, 1.54) is 5.56 Å². The van der Waals surface area contributed by atoms with Gasteiger partial charge < -0.3 is 10.2 Å². The molecular formula is C15H13N3OS. The summed E-state index contributed by atoms with van der Waals surface area (Å²) in [5.74, 6) is 1.80. The predicted molar refractivity (Wildman–Crippen MR) is 80.1 cm³/mol. The molecule has 0 bridgehead atoms. The number of nitrogens with zero attached hydrogens (tertiary/aromatic N) is 2. The van der Waals surface area contributed by atoms with Crippen LogP contribution in [-0.4, -0.2) is 9.97 Å². The molecule has 100 valence electrons. The van der Waals surface area contributed by atoms with Gasteiger partial charge in [-0.2, -0.15) is 0 Å². The summed E-state index contributed by atoms with van der Waals surface area (Å²) in [4.78, 5) is 8.44. The molecule has 4 nitrogen and oxygen atoms in total. The van der Waals surface area contributed by atoms with Crippen LogP contribution in [0.3, 0.4) is 0 Å². The molecule has 0 aliphatic rings. The lowest BCUT2D eigenvalue weighted by Gasteiger charge is -2.04. The standard InChI is InChI=1S/C15H13N3OS/c16-15-17-12(13-7-4-8-19-13)9-14(18-15)20-10-11-5-2-1-3-6-11/h1-9H,10H2,(H2,16,17,18). The SMILES string of the molecule is Nc1nc(SCc2ccccc2)cc(-c2ccco2)n1. The van der Waals surface area contributed by atoms with E-state index in [2.05, 4.69) is 22.1 Å². The van der Waals surface area contributed by atoms with Gasteiger partial charge in [0.25, 0.3) is 0 Å². The second kappa shape index (κ2) is 5.79. The molecule has 0 spiro atoms. The lowest BCUT2D eigenvalue weighted by atomic mass is 10.2. The molecule has 5 heteroatoms. The van der Waals surface area contributed by atoms with Gasteiger partial charge in [0.2, 0.25) is 5.95 Å². The van der Waals surface area contributed by atoms with Gasteiger partial charge >= 0.3 is 0 Å². The number of nitrogens with two attached hydrogens (primary N) is 1. The number of thioether (sulfide) groups is 1. The van der Waals surface area contributed by atoms with Gasteiger partial charge in [-0.25, -0.2) is 9.97 Å². The largest absolute Gasteiger partial charge is 0.463 e. The molecule has 0 radical (unpaired) electrons. The summed E-state index contributed by atoms with van der Waals surface area (Å²) in [7, 11) is 0. The first-order valence-corrected chi connectivity index (χ1v) is 7.15. The van der Waals surface area contributed by atoms with Crippen LogP contribution in [0.2, 0.25) is 0 Å². The van der Waals surface area contributed by atoms with E-state index < -0.39 is 0 Å². The molecule has 0 saturated carbocycles. The monoisotopic (exact) mass is 283 g/mol. The van der Waals surface area contributed by atoms with E-state index in [0.29, 0.717) is 11.5 Å². The molecule has 0 amide bonds. The van der Waals surface area contributed by atoms with Crippen LogP contribution in [-0.2, 0) is 5.75 Å². The van der Waals surface area contributed by atoms with Gasteiger partial charge in [0.15, 0.2) is 5.76 Å². The van der Waals surface area contributed by atoms with Crippen molar-refractivity contribution in [3.63, 3.8) is 0 Å². The van der Waals surface area contributed by atoms with Crippen LogP contribution >= 0.6 is 11.8 Å². The van der Waals surface area contributed by atoms with Crippen LogP contribution < -0.4 is 5.73 Å². The zero-order valence-corrected chi connectivity index (χ0v) is 11.5. The molecular weight excluding hydrogens is 270 g/mol.